The lowest BCUT2D eigenvalue weighted by molar-refractivity contribution is -0.110. The Labute approximate surface area is 87.4 Å². The number of ether oxygens (including phenoxy) is 1. The molecule has 0 saturated heterocycles. The molecule has 0 saturated carbocycles. The van der Waals surface area contributed by atoms with Gasteiger partial charge in [0.25, 0.3) is 5.91 Å². The van der Waals surface area contributed by atoms with E-state index in [1.807, 2.05) is 6.92 Å². The number of hydrogen-bond acceptors (Lipinski definition) is 4. The lowest BCUT2D eigenvalue weighted by atomic mass is 10.3. The van der Waals surface area contributed by atoms with Gasteiger partial charge in [-0.1, -0.05) is 5.16 Å². The number of nitrogens with one attached hydrogen (secondary N) is 1. The van der Waals surface area contributed by atoms with E-state index >= 15 is 0 Å². The lowest BCUT2D eigenvalue weighted by Gasteiger charge is -2.04. The number of carbonyl (C=O) groups is 1. The van der Waals surface area contributed by atoms with Gasteiger partial charge in [-0.25, -0.2) is 0 Å². The van der Waals surface area contributed by atoms with Crippen LogP contribution < -0.4 is 10.1 Å². The highest BCUT2D eigenvalue weighted by Gasteiger charge is 1.98. The van der Waals surface area contributed by atoms with Crippen molar-refractivity contribution in [3.05, 3.63) is 24.3 Å². The average molecular weight is 208 g/mol. The summed E-state index contributed by atoms with van der Waals surface area (Å²) in [7, 11) is 0. The second-order valence-electron chi connectivity index (χ2n) is 2.69. The van der Waals surface area contributed by atoms with Crippen LogP contribution in [0.2, 0.25) is 0 Å². The zero-order valence-corrected chi connectivity index (χ0v) is 8.30. The summed E-state index contributed by atoms with van der Waals surface area (Å²) in [6.07, 6.45) is 0.788. The van der Waals surface area contributed by atoms with Crippen LogP contribution >= 0.6 is 0 Å². The van der Waals surface area contributed by atoms with Gasteiger partial charge in [0.1, 0.15) is 12.0 Å². The van der Waals surface area contributed by atoms with Gasteiger partial charge in [-0.15, -0.1) is 0 Å². The summed E-state index contributed by atoms with van der Waals surface area (Å²) in [6, 6.07) is 6.90. The lowest BCUT2D eigenvalue weighted by Crippen LogP contribution is -2.12. The summed E-state index contributed by atoms with van der Waals surface area (Å²) < 4.78 is 5.23. The van der Waals surface area contributed by atoms with Gasteiger partial charge in [0, 0.05) is 5.69 Å². The molecule has 5 heteroatoms. The van der Waals surface area contributed by atoms with E-state index in [0.717, 1.165) is 12.0 Å². The van der Waals surface area contributed by atoms with Crippen molar-refractivity contribution in [2.45, 2.75) is 6.92 Å². The predicted molar refractivity (Wildman–Crippen MR) is 56.5 cm³/mol. The van der Waals surface area contributed by atoms with Crippen LogP contribution in [0.25, 0.3) is 0 Å². The van der Waals surface area contributed by atoms with Gasteiger partial charge in [-0.3, -0.25) is 4.79 Å². The van der Waals surface area contributed by atoms with Crippen LogP contribution in [0.3, 0.4) is 0 Å². The molecule has 0 aliphatic rings. The SMILES string of the molecule is CCOc1ccc(NC(=O)/C=N\O)cc1. The fourth-order valence-electron chi connectivity index (χ4n) is 1.03. The Morgan fingerprint density at radius 3 is 2.73 bits per heavy atom. The Morgan fingerprint density at radius 2 is 2.20 bits per heavy atom. The molecule has 0 unspecified atom stereocenters. The Kier molecular flexibility index (Phi) is 4.15. The Morgan fingerprint density at radius 1 is 1.53 bits per heavy atom. The van der Waals surface area contributed by atoms with Gasteiger partial charge < -0.3 is 15.3 Å². The van der Waals surface area contributed by atoms with E-state index < -0.39 is 5.91 Å². The minimum absolute atomic E-state index is 0.485. The maximum Gasteiger partial charge on any atom is 0.270 e. The molecule has 0 aliphatic heterocycles. The van der Waals surface area contributed by atoms with Crippen molar-refractivity contribution in [1.29, 1.82) is 0 Å². The van der Waals surface area contributed by atoms with Crippen LogP contribution in [0, 0.1) is 0 Å². The Balaban J connectivity index is 2.60. The van der Waals surface area contributed by atoms with Gasteiger partial charge in [-0.05, 0) is 31.2 Å². The van der Waals surface area contributed by atoms with Crippen molar-refractivity contribution in [1.82, 2.24) is 0 Å². The molecule has 5 nitrogen and oxygen atoms in total. The second kappa shape index (κ2) is 5.64. The Hall–Kier alpha value is -2.04. The van der Waals surface area contributed by atoms with E-state index in [1.54, 1.807) is 24.3 Å². The highest BCUT2D eigenvalue weighted by atomic mass is 16.5. The van der Waals surface area contributed by atoms with Crippen molar-refractivity contribution in [2.75, 3.05) is 11.9 Å². The normalized spacial score (nSPS) is 10.2. The number of nitrogens with zero attached hydrogens (tertiary/aromatic N) is 1. The Bertz CT molecular complexity index is 346. The molecule has 0 aliphatic carbocycles. The fourth-order valence-corrected chi connectivity index (χ4v) is 1.03. The number of benzene rings is 1. The third kappa shape index (κ3) is 3.68. The number of amides is 1. The van der Waals surface area contributed by atoms with Crippen LogP contribution in [0.5, 0.6) is 5.75 Å². The number of anilines is 1. The number of carbonyl (C=O) groups excluding carboxylic acids is 1. The van der Waals surface area contributed by atoms with E-state index in [-0.39, 0.29) is 0 Å². The summed E-state index contributed by atoms with van der Waals surface area (Å²) >= 11 is 0. The third-order valence-corrected chi connectivity index (χ3v) is 1.61. The summed E-state index contributed by atoms with van der Waals surface area (Å²) in [5, 5.41) is 13.2. The molecular formula is C10H12N2O3. The van der Waals surface area contributed by atoms with E-state index in [2.05, 4.69) is 10.5 Å². The molecule has 0 spiro atoms. The minimum Gasteiger partial charge on any atom is -0.494 e. The largest absolute Gasteiger partial charge is 0.494 e. The molecule has 0 bridgehead atoms. The first kappa shape index (κ1) is 11.0. The predicted octanol–water partition coefficient (Wildman–Crippen LogP) is 1.48. The van der Waals surface area contributed by atoms with Gasteiger partial charge >= 0.3 is 0 Å². The standard InChI is InChI=1S/C10H12N2O3/c1-2-15-9-5-3-8(4-6-9)12-10(13)7-11-14/h3-7,14H,2H2,1H3,(H,12,13)/b11-7-. The zero-order valence-electron chi connectivity index (χ0n) is 8.30. The molecule has 0 atom stereocenters. The second-order valence-corrected chi connectivity index (χ2v) is 2.69. The molecule has 15 heavy (non-hydrogen) atoms. The topological polar surface area (TPSA) is 70.9 Å². The monoisotopic (exact) mass is 208 g/mol. The molecule has 1 aromatic rings. The molecule has 1 aromatic carbocycles. The van der Waals surface area contributed by atoms with Crippen LogP contribution in [0.1, 0.15) is 6.92 Å². The van der Waals surface area contributed by atoms with Crippen molar-refractivity contribution in [2.24, 2.45) is 5.16 Å². The van der Waals surface area contributed by atoms with Gasteiger partial charge in [0.05, 0.1) is 6.61 Å². The number of oxime groups is 1. The first-order valence-electron chi connectivity index (χ1n) is 4.47. The van der Waals surface area contributed by atoms with Crippen molar-refractivity contribution < 1.29 is 14.7 Å². The van der Waals surface area contributed by atoms with E-state index in [1.165, 1.54) is 0 Å². The van der Waals surface area contributed by atoms with Crippen LogP contribution in [0.15, 0.2) is 29.4 Å². The smallest absolute Gasteiger partial charge is 0.270 e. The number of hydrogen-bond donors (Lipinski definition) is 2. The van der Waals surface area contributed by atoms with E-state index in [0.29, 0.717) is 12.3 Å². The van der Waals surface area contributed by atoms with Crippen LogP contribution in [-0.2, 0) is 4.79 Å². The molecule has 0 radical (unpaired) electrons. The minimum atomic E-state index is -0.485. The molecular weight excluding hydrogens is 196 g/mol. The molecule has 0 heterocycles. The van der Waals surface area contributed by atoms with Crippen molar-refractivity contribution in [3.63, 3.8) is 0 Å². The average Bonchev–Trinajstić information content (AvgIpc) is 2.22. The fraction of sp³-hybridized carbons (Fsp3) is 0.200. The summed E-state index contributed by atoms with van der Waals surface area (Å²) in [6.45, 7) is 2.50. The third-order valence-electron chi connectivity index (χ3n) is 1.61. The quantitative estimate of drug-likeness (QED) is 0.447. The molecule has 1 amide bonds. The molecule has 0 aromatic heterocycles. The highest BCUT2D eigenvalue weighted by Crippen LogP contribution is 2.15. The molecule has 80 valence electrons. The first-order chi connectivity index (χ1) is 7.26. The summed E-state index contributed by atoms with van der Waals surface area (Å²) in [4.78, 5) is 11.0. The molecule has 0 fully saturated rings. The van der Waals surface area contributed by atoms with Crippen LogP contribution in [0.4, 0.5) is 5.69 Å². The molecule has 1 rings (SSSR count). The van der Waals surface area contributed by atoms with E-state index in [4.69, 9.17) is 9.94 Å². The van der Waals surface area contributed by atoms with Crippen LogP contribution in [-0.4, -0.2) is 23.9 Å². The first-order valence-corrected chi connectivity index (χ1v) is 4.47. The van der Waals surface area contributed by atoms with Gasteiger partial charge in [-0.2, -0.15) is 0 Å². The van der Waals surface area contributed by atoms with E-state index in [9.17, 15) is 4.79 Å². The summed E-state index contributed by atoms with van der Waals surface area (Å²) in [5.41, 5.74) is 0.614. The van der Waals surface area contributed by atoms with Gasteiger partial charge in [0.15, 0.2) is 0 Å². The van der Waals surface area contributed by atoms with Crippen molar-refractivity contribution >= 4 is 17.8 Å². The number of rotatable bonds is 4. The zero-order chi connectivity index (χ0) is 11.1. The maximum absolute atomic E-state index is 11.0. The van der Waals surface area contributed by atoms with Gasteiger partial charge in [0.2, 0.25) is 0 Å². The summed E-state index contributed by atoms with van der Waals surface area (Å²) in [5.74, 6) is 0.257. The highest BCUT2D eigenvalue weighted by molar-refractivity contribution is 6.31. The molecule has 2 N–H and O–H groups in total. The van der Waals surface area contributed by atoms with Crippen molar-refractivity contribution in [3.8, 4) is 5.75 Å². The maximum atomic E-state index is 11.0.